The summed E-state index contributed by atoms with van der Waals surface area (Å²) in [4.78, 5) is 23.6. The van der Waals surface area contributed by atoms with E-state index in [9.17, 15) is 9.59 Å². The van der Waals surface area contributed by atoms with Gasteiger partial charge in [0.1, 0.15) is 5.75 Å². The van der Waals surface area contributed by atoms with Crippen LogP contribution in [0, 0.1) is 0 Å². The average molecular weight is 369 g/mol. The highest BCUT2D eigenvalue weighted by atomic mass is 16.5. The van der Waals surface area contributed by atoms with Gasteiger partial charge in [0.25, 0.3) is 0 Å². The Hall–Kier alpha value is -3.02. The zero-order chi connectivity index (χ0) is 19.5. The van der Waals surface area contributed by atoms with Crippen LogP contribution >= 0.6 is 0 Å². The smallest absolute Gasteiger partial charge is 0.243 e. The highest BCUT2D eigenvalue weighted by molar-refractivity contribution is 5.94. The number of hydrogen-bond donors (Lipinski definition) is 3. The first-order valence-corrected chi connectivity index (χ1v) is 9.27. The molecular weight excluding hydrogens is 342 g/mol. The lowest BCUT2D eigenvalue weighted by Crippen LogP contribution is -2.21. The molecule has 0 unspecified atom stereocenters. The summed E-state index contributed by atoms with van der Waals surface area (Å²) in [6, 6.07) is 14.6. The first-order valence-electron chi connectivity index (χ1n) is 9.27. The van der Waals surface area contributed by atoms with Crippen LogP contribution < -0.4 is 20.7 Å². The monoisotopic (exact) mass is 369 g/mol. The molecule has 6 nitrogen and oxygen atoms in total. The molecule has 0 atom stereocenters. The maximum absolute atomic E-state index is 12.1. The maximum Gasteiger partial charge on any atom is 0.243 e. The van der Waals surface area contributed by atoms with Crippen molar-refractivity contribution in [2.45, 2.75) is 33.1 Å². The van der Waals surface area contributed by atoms with Crippen LogP contribution in [-0.2, 0) is 9.59 Å². The lowest BCUT2D eigenvalue weighted by Gasteiger charge is -2.10. The average Bonchev–Trinajstić information content (AvgIpc) is 2.67. The number of carbonyl (C=O) groups excluding carboxylic acids is 2. The Morgan fingerprint density at radius 1 is 0.778 bits per heavy atom. The van der Waals surface area contributed by atoms with Crippen LogP contribution in [0.1, 0.15) is 33.1 Å². The fraction of sp³-hybridized carbons (Fsp3) is 0.333. The standard InChI is InChI=1S/C21H27N3O3/c1-3-5-20(25)23-17-8-6-16(7-9-17)22-15-21(26)24-18-10-12-19(13-11-18)27-14-4-2/h6-13,22H,3-5,14-15H2,1-2H3,(H,23,25)(H,24,26). The second-order valence-corrected chi connectivity index (χ2v) is 6.15. The van der Waals surface area contributed by atoms with Crippen LogP contribution in [0.3, 0.4) is 0 Å². The van der Waals surface area contributed by atoms with Crippen LogP contribution in [0.25, 0.3) is 0 Å². The fourth-order valence-electron chi connectivity index (χ4n) is 2.36. The van der Waals surface area contributed by atoms with E-state index >= 15 is 0 Å². The third-order valence-corrected chi connectivity index (χ3v) is 3.71. The number of carbonyl (C=O) groups is 2. The molecule has 0 radical (unpaired) electrons. The number of ether oxygens (including phenoxy) is 1. The van der Waals surface area contributed by atoms with E-state index in [2.05, 4.69) is 22.9 Å². The normalized spacial score (nSPS) is 10.1. The summed E-state index contributed by atoms with van der Waals surface area (Å²) in [5.41, 5.74) is 2.27. The van der Waals surface area contributed by atoms with Gasteiger partial charge in [-0.05, 0) is 61.4 Å². The van der Waals surface area contributed by atoms with Crippen LogP contribution in [0.5, 0.6) is 5.75 Å². The number of rotatable bonds is 10. The van der Waals surface area contributed by atoms with E-state index < -0.39 is 0 Å². The van der Waals surface area contributed by atoms with E-state index in [1.807, 2.05) is 55.5 Å². The van der Waals surface area contributed by atoms with Crippen molar-refractivity contribution in [3.8, 4) is 5.75 Å². The molecule has 2 amide bonds. The van der Waals surface area contributed by atoms with Crippen molar-refractivity contribution < 1.29 is 14.3 Å². The molecule has 0 bridgehead atoms. The third kappa shape index (κ3) is 7.40. The topological polar surface area (TPSA) is 79.5 Å². The van der Waals surface area contributed by atoms with Gasteiger partial charge in [-0.2, -0.15) is 0 Å². The lowest BCUT2D eigenvalue weighted by molar-refractivity contribution is -0.116. The molecule has 0 aliphatic carbocycles. The van der Waals surface area contributed by atoms with Crippen molar-refractivity contribution in [1.82, 2.24) is 0 Å². The molecule has 3 N–H and O–H groups in total. The summed E-state index contributed by atoms with van der Waals surface area (Å²) in [6.07, 6.45) is 2.28. The summed E-state index contributed by atoms with van der Waals surface area (Å²) in [5, 5.41) is 8.72. The summed E-state index contributed by atoms with van der Waals surface area (Å²) >= 11 is 0. The van der Waals surface area contributed by atoms with E-state index in [-0.39, 0.29) is 18.4 Å². The number of amides is 2. The molecule has 2 aromatic rings. The summed E-state index contributed by atoms with van der Waals surface area (Å²) in [5.74, 6) is 0.653. The minimum Gasteiger partial charge on any atom is -0.494 e. The molecule has 27 heavy (non-hydrogen) atoms. The summed E-state index contributed by atoms with van der Waals surface area (Å²) in [7, 11) is 0. The molecule has 144 valence electrons. The third-order valence-electron chi connectivity index (χ3n) is 3.71. The molecule has 2 rings (SSSR count). The Kier molecular flexibility index (Phi) is 8.16. The van der Waals surface area contributed by atoms with Gasteiger partial charge < -0.3 is 20.7 Å². The van der Waals surface area contributed by atoms with Crippen molar-refractivity contribution in [2.75, 3.05) is 29.1 Å². The zero-order valence-corrected chi connectivity index (χ0v) is 15.9. The number of anilines is 3. The SMILES string of the molecule is CCCOc1ccc(NC(=O)CNc2ccc(NC(=O)CCC)cc2)cc1. The maximum atomic E-state index is 12.1. The lowest BCUT2D eigenvalue weighted by atomic mass is 10.2. The van der Waals surface area contributed by atoms with Crippen LogP contribution in [0.2, 0.25) is 0 Å². The number of benzene rings is 2. The molecule has 2 aromatic carbocycles. The quantitative estimate of drug-likeness (QED) is 0.584. The molecule has 0 heterocycles. The van der Waals surface area contributed by atoms with E-state index in [1.54, 1.807) is 0 Å². The highest BCUT2D eigenvalue weighted by Gasteiger charge is 2.04. The van der Waals surface area contributed by atoms with Gasteiger partial charge in [0.05, 0.1) is 13.2 Å². The zero-order valence-electron chi connectivity index (χ0n) is 15.9. The van der Waals surface area contributed by atoms with Gasteiger partial charge in [-0.3, -0.25) is 9.59 Å². The van der Waals surface area contributed by atoms with Gasteiger partial charge in [-0.15, -0.1) is 0 Å². The first-order chi connectivity index (χ1) is 13.1. The Morgan fingerprint density at radius 3 is 1.93 bits per heavy atom. The summed E-state index contributed by atoms with van der Waals surface area (Å²) in [6.45, 7) is 4.84. The number of hydrogen-bond acceptors (Lipinski definition) is 4. The molecule has 0 saturated carbocycles. The number of nitrogens with one attached hydrogen (secondary N) is 3. The molecule has 0 aromatic heterocycles. The largest absolute Gasteiger partial charge is 0.494 e. The molecule has 0 saturated heterocycles. The predicted octanol–water partition coefficient (Wildman–Crippen LogP) is 4.26. The Bertz CT molecular complexity index is 727. The Morgan fingerprint density at radius 2 is 1.33 bits per heavy atom. The van der Waals surface area contributed by atoms with Crippen LogP contribution in [0.4, 0.5) is 17.1 Å². The molecule has 0 aliphatic rings. The molecule has 0 spiro atoms. The minimum absolute atomic E-state index is 0.00343. The van der Waals surface area contributed by atoms with Gasteiger partial charge in [0, 0.05) is 23.5 Å². The molecular formula is C21H27N3O3. The van der Waals surface area contributed by atoms with Crippen LogP contribution in [-0.4, -0.2) is 25.0 Å². The van der Waals surface area contributed by atoms with Gasteiger partial charge in [-0.1, -0.05) is 13.8 Å². The first kappa shape index (κ1) is 20.3. The van der Waals surface area contributed by atoms with Crippen LogP contribution in [0.15, 0.2) is 48.5 Å². The summed E-state index contributed by atoms with van der Waals surface area (Å²) < 4.78 is 5.52. The Balaban J connectivity index is 1.77. The van der Waals surface area contributed by atoms with E-state index in [4.69, 9.17) is 4.74 Å². The second kappa shape index (κ2) is 10.9. The van der Waals surface area contributed by atoms with E-state index in [1.165, 1.54) is 0 Å². The van der Waals surface area contributed by atoms with Gasteiger partial charge in [-0.25, -0.2) is 0 Å². The van der Waals surface area contributed by atoms with Crippen molar-refractivity contribution in [1.29, 1.82) is 0 Å². The minimum atomic E-state index is -0.141. The van der Waals surface area contributed by atoms with Crippen molar-refractivity contribution >= 4 is 28.9 Å². The van der Waals surface area contributed by atoms with Crippen molar-refractivity contribution in [3.05, 3.63) is 48.5 Å². The molecule has 0 aliphatic heterocycles. The molecule has 0 fully saturated rings. The van der Waals surface area contributed by atoms with E-state index in [0.717, 1.165) is 35.7 Å². The fourth-order valence-corrected chi connectivity index (χ4v) is 2.36. The predicted molar refractivity (Wildman–Crippen MR) is 109 cm³/mol. The molecule has 6 heteroatoms. The Labute approximate surface area is 160 Å². The van der Waals surface area contributed by atoms with Crippen molar-refractivity contribution in [3.63, 3.8) is 0 Å². The second-order valence-electron chi connectivity index (χ2n) is 6.15. The van der Waals surface area contributed by atoms with Gasteiger partial charge >= 0.3 is 0 Å². The van der Waals surface area contributed by atoms with Gasteiger partial charge in [0.15, 0.2) is 0 Å². The van der Waals surface area contributed by atoms with E-state index in [0.29, 0.717) is 13.0 Å². The highest BCUT2D eigenvalue weighted by Crippen LogP contribution is 2.16. The van der Waals surface area contributed by atoms with Gasteiger partial charge in [0.2, 0.25) is 11.8 Å². The van der Waals surface area contributed by atoms with Crippen molar-refractivity contribution in [2.24, 2.45) is 0 Å².